The smallest absolute Gasteiger partial charge is 1.00 e. The maximum atomic E-state index is 10.8. The molecular formula is C29H53AlClLiO6. The van der Waals surface area contributed by atoms with Gasteiger partial charge in [0.2, 0.25) is 5.24 Å². The minimum absolute atomic E-state index is 0. The fourth-order valence-corrected chi connectivity index (χ4v) is 1.93. The van der Waals surface area contributed by atoms with E-state index in [4.69, 9.17) is 26.2 Å². The second-order valence-corrected chi connectivity index (χ2v) is 7.24. The van der Waals surface area contributed by atoms with Crippen molar-refractivity contribution in [1.29, 1.82) is 0 Å². The van der Waals surface area contributed by atoms with Crippen molar-refractivity contribution in [3.8, 4) is 0 Å². The first kappa shape index (κ1) is 49.6. The van der Waals surface area contributed by atoms with Crippen molar-refractivity contribution in [3.63, 3.8) is 0 Å². The van der Waals surface area contributed by atoms with E-state index in [9.17, 15) is 14.4 Å². The van der Waals surface area contributed by atoms with Gasteiger partial charge in [-0.2, -0.15) is 0 Å². The molecule has 0 aliphatic rings. The van der Waals surface area contributed by atoms with E-state index in [2.05, 4.69) is 64.3 Å². The zero-order chi connectivity index (χ0) is 28.3. The summed E-state index contributed by atoms with van der Waals surface area (Å²) in [6.45, 7) is 15.7. The summed E-state index contributed by atoms with van der Waals surface area (Å²) in [5, 5.41) is 7.82. The minimum Gasteiger partial charge on any atom is -1.00 e. The zero-order valence-corrected chi connectivity index (χ0v) is 24.6. The molecule has 0 rings (SSSR count). The van der Waals surface area contributed by atoms with Gasteiger partial charge in [-0.15, -0.1) is 0 Å². The number of allylic oxidation sites excluding steroid dienone is 7. The van der Waals surface area contributed by atoms with Gasteiger partial charge in [-0.05, 0) is 76.0 Å². The molecule has 0 aromatic heterocycles. The number of aliphatic hydroxyl groups excluding tert-OH is 1. The molecule has 0 aromatic rings. The van der Waals surface area contributed by atoms with Gasteiger partial charge < -0.3 is 16.0 Å². The van der Waals surface area contributed by atoms with Crippen LogP contribution < -0.4 is 18.9 Å². The Kier molecular flexibility index (Phi) is 63.6. The van der Waals surface area contributed by atoms with E-state index in [0.29, 0.717) is 26.2 Å². The van der Waals surface area contributed by atoms with Crippen LogP contribution in [0.2, 0.25) is 0 Å². The Morgan fingerprint density at radius 3 is 1.61 bits per heavy atom. The number of carbonyl (C=O) groups excluding carboxylic acids is 3. The molecule has 0 aliphatic carbocycles. The SMILES string of the molecule is C=CC(=O)Cl.C=CC(=O)OCCC/C=C\CC.CC/C=C\CCC(=O)OCC.CC/C=C\CCCO.[AlH3].[H-].[Li+]. The Morgan fingerprint density at radius 1 is 0.789 bits per heavy atom. The Bertz CT molecular complexity index is 629. The third-order valence-corrected chi connectivity index (χ3v) is 3.80. The number of ether oxygens (including phenoxy) is 2. The number of unbranched alkanes of at least 4 members (excludes halogenated alkanes) is 2. The molecule has 6 nitrogen and oxygen atoms in total. The minimum atomic E-state index is -0.509. The summed E-state index contributed by atoms with van der Waals surface area (Å²) >= 11 is 4.71. The van der Waals surface area contributed by atoms with E-state index in [-0.39, 0.29) is 49.6 Å². The monoisotopic (exact) mass is 566 g/mol. The molecule has 0 radical (unpaired) electrons. The molecule has 9 heteroatoms. The average molecular weight is 567 g/mol. The van der Waals surface area contributed by atoms with Gasteiger partial charge in [-0.25, -0.2) is 4.79 Å². The quantitative estimate of drug-likeness (QED) is 0.0769. The molecule has 38 heavy (non-hydrogen) atoms. The van der Waals surface area contributed by atoms with Crippen LogP contribution in [0.1, 0.15) is 86.9 Å². The predicted molar refractivity (Wildman–Crippen MR) is 163 cm³/mol. The van der Waals surface area contributed by atoms with Crippen LogP contribution in [-0.2, 0) is 23.9 Å². The molecule has 0 spiro atoms. The molecule has 0 atom stereocenters. The van der Waals surface area contributed by atoms with Gasteiger partial charge in [-0.3, -0.25) is 9.59 Å². The fraction of sp³-hybridized carbons (Fsp3) is 0.552. The van der Waals surface area contributed by atoms with Crippen molar-refractivity contribution in [1.82, 2.24) is 0 Å². The Morgan fingerprint density at radius 2 is 1.24 bits per heavy atom. The van der Waals surface area contributed by atoms with Gasteiger partial charge in [-0.1, -0.05) is 70.4 Å². The maximum absolute atomic E-state index is 10.8. The topological polar surface area (TPSA) is 89.9 Å². The van der Waals surface area contributed by atoms with E-state index in [1.165, 1.54) is 6.08 Å². The largest absolute Gasteiger partial charge is 1.00 e. The molecular weight excluding hydrogens is 514 g/mol. The number of esters is 2. The van der Waals surface area contributed by atoms with Crippen molar-refractivity contribution in [2.75, 3.05) is 19.8 Å². The van der Waals surface area contributed by atoms with Crippen molar-refractivity contribution in [2.24, 2.45) is 0 Å². The zero-order valence-electron chi connectivity index (χ0n) is 24.9. The molecule has 0 unspecified atom stereocenters. The van der Waals surface area contributed by atoms with Crippen LogP contribution in [0, 0.1) is 0 Å². The van der Waals surface area contributed by atoms with E-state index >= 15 is 0 Å². The second-order valence-electron chi connectivity index (χ2n) is 6.87. The standard InChI is InChI=1S/C10H16O2.C9H16O2.C7H14O.C3H3ClO.Al.Li.4H/c1-3-5-6-7-8-9-12-10(11)4-2;1-3-5-6-7-8-9(10)11-4-2;1-2-3-4-5-6-7-8;1-2-3(4)5;;;;;;/h4-6H,2-3,7-9H2,1H3;5-6H,3-4,7-8H2,1-2H3;3-4,8H,2,5-7H2,1H3;2H,1H2;;;;;;/q;;;;;+1;;;;-1/b2*6-5-;4-3-;;;;;;;. The molecule has 0 heterocycles. The van der Waals surface area contributed by atoms with Gasteiger partial charge in [0.25, 0.3) is 0 Å². The Labute approximate surface area is 261 Å². The Balaban J connectivity index is -0.0000000709. The normalized spacial score (nSPS) is 9.32. The summed E-state index contributed by atoms with van der Waals surface area (Å²) in [5.41, 5.74) is 0. The maximum Gasteiger partial charge on any atom is 1.00 e. The molecule has 0 fully saturated rings. The van der Waals surface area contributed by atoms with Gasteiger partial charge in [0.05, 0.1) is 13.2 Å². The van der Waals surface area contributed by atoms with Crippen LogP contribution in [0.25, 0.3) is 0 Å². The number of rotatable bonds is 16. The first-order valence-corrected chi connectivity index (χ1v) is 13.0. The molecule has 216 valence electrons. The molecule has 0 saturated carbocycles. The van der Waals surface area contributed by atoms with Crippen LogP contribution in [0.15, 0.2) is 61.8 Å². The predicted octanol–water partition coefficient (Wildman–Crippen LogP) is 3.35. The summed E-state index contributed by atoms with van der Waals surface area (Å²) in [6.07, 6.45) is 23.0. The number of halogens is 1. The summed E-state index contributed by atoms with van der Waals surface area (Å²) in [7, 11) is 0. The third kappa shape index (κ3) is 64.6. The van der Waals surface area contributed by atoms with Gasteiger partial charge in [0.15, 0.2) is 17.4 Å². The molecule has 0 saturated heterocycles. The molecule has 0 bridgehead atoms. The second kappa shape index (κ2) is 48.7. The third-order valence-electron chi connectivity index (χ3n) is 3.64. The van der Waals surface area contributed by atoms with E-state index < -0.39 is 5.24 Å². The van der Waals surface area contributed by atoms with Crippen LogP contribution in [0.5, 0.6) is 0 Å². The van der Waals surface area contributed by atoms with Gasteiger partial charge >= 0.3 is 30.8 Å². The summed E-state index contributed by atoms with van der Waals surface area (Å²) in [4.78, 5) is 30.8. The van der Waals surface area contributed by atoms with Crippen molar-refractivity contribution in [3.05, 3.63) is 61.8 Å². The van der Waals surface area contributed by atoms with Crippen molar-refractivity contribution in [2.45, 2.75) is 85.5 Å². The van der Waals surface area contributed by atoms with Gasteiger partial charge in [0, 0.05) is 19.1 Å². The number of carbonyl (C=O) groups is 3. The number of hydrogen-bond acceptors (Lipinski definition) is 6. The van der Waals surface area contributed by atoms with Crippen LogP contribution in [0.4, 0.5) is 0 Å². The summed E-state index contributed by atoms with van der Waals surface area (Å²) < 4.78 is 9.53. The molecule has 0 amide bonds. The van der Waals surface area contributed by atoms with Crippen molar-refractivity contribution < 1.29 is 49.3 Å². The van der Waals surface area contributed by atoms with Crippen LogP contribution in [-0.4, -0.2) is 59.5 Å². The summed E-state index contributed by atoms with van der Waals surface area (Å²) in [5.74, 6) is -0.442. The Hall–Kier alpha value is -1.31. The van der Waals surface area contributed by atoms with Crippen LogP contribution in [0.3, 0.4) is 0 Å². The molecule has 0 aromatic carbocycles. The van der Waals surface area contributed by atoms with E-state index in [1.807, 2.05) is 13.0 Å². The summed E-state index contributed by atoms with van der Waals surface area (Å²) in [6, 6.07) is 0. The number of hydrogen-bond donors (Lipinski definition) is 1. The first-order chi connectivity index (χ1) is 17.3. The first-order valence-electron chi connectivity index (χ1n) is 12.6. The van der Waals surface area contributed by atoms with E-state index in [1.54, 1.807) is 0 Å². The fourth-order valence-electron chi connectivity index (χ4n) is 1.93. The van der Waals surface area contributed by atoms with E-state index in [0.717, 1.165) is 57.4 Å². The average Bonchev–Trinajstić information content (AvgIpc) is 2.88. The molecule has 0 aliphatic heterocycles. The molecule has 1 N–H and O–H groups in total. The van der Waals surface area contributed by atoms with Crippen molar-refractivity contribution >= 4 is 46.1 Å². The number of aliphatic hydroxyl groups is 1. The van der Waals surface area contributed by atoms with Gasteiger partial charge in [0.1, 0.15) is 0 Å². The van der Waals surface area contributed by atoms with Crippen LogP contribution >= 0.6 is 11.6 Å².